The molecular weight excluding hydrogens is 367 g/mol. The Morgan fingerprint density at radius 3 is 2.54 bits per heavy atom. The monoisotopic (exact) mass is 389 g/mol. The third-order valence-corrected chi connectivity index (χ3v) is 4.89. The zero-order valence-electron chi connectivity index (χ0n) is 16.0. The lowest BCUT2D eigenvalue weighted by Gasteiger charge is -2.24. The molecule has 0 saturated heterocycles. The van der Waals surface area contributed by atoms with Crippen LogP contribution >= 0.6 is 0 Å². The summed E-state index contributed by atoms with van der Waals surface area (Å²) < 4.78 is 45.4. The number of halogens is 3. The van der Waals surface area contributed by atoms with Crippen LogP contribution in [0, 0.1) is 24.4 Å². The van der Waals surface area contributed by atoms with Crippen LogP contribution in [0.4, 0.5) is 13.2 Å². The second-order valence-electron chi connectivity index (χ2n) is 6.91. The molecule has 7 heteroatoms. The van der Waals surface area contributed by atoms with E-state index in [1.165, 1.54) is 12.1 Å². The van der Waals surface area contributed by atoms with Gasteiger partial charge in [0.15, 0.2) is 11.6 Å². The summed E-state index contributed by atoms with van der Waals surface area (Å²) in [6.07, 6.45) is 1.31. The Kier molecular flexibility index (Phi) is 6.14. The molecule has 1 aromatic heterocycles. The lowest BCUT2D eigenvalue weighted by molar-refractivity contribution is 0.253. The molecule has 0 saturated carbocycles. The third kappa shape index (κ3) is 4.59. The number of benzene rings is 2. The van der Waals surface area contributed by atoms with Crippen molar-refractivity contribution in [3.63, 3.8) is 0 Å². The summed E-state index contributed by atoms with van der Waals surface area (Å²) in [6, 6.07) is 8.71. The topological polar surface area (TPSA) is 42.2 Å². The second kappa shape index (κ2) is 8.56. The van der Waals surface area contributed by atoms with Gasteiger partial charge >= 0.3 is 0 Å². The number of aryl methyl sites for hydroxylation is 2. The zero-order valence-corrected chi connectivity index (χ0v) is 16.0. The van der Waals surface area contributed by atoms with Crippen molar-refractivity contribution in [1.29, 1.82) is 0 Å². The summed E-state index contributed by atoms with van der Waals surface area (Å²) in [5.74, 6) is -1.16. The molecule has 0 spiro atoms. The van der Waals surface area contributed by atoms with Gasteiger partial charge in [-0.05, 0) is 63.2 Å². The maximum Gasteiger partial charge on any atom is 0.227 e. The van der Waals surface area contributed by atoms with Crippen LogP contribution in [0.1, 0.15) is 36.4 Å². The van der Waals surface area contributed by atoms with Crippen LogP contribution in [0.5, 0.6) is 0 Å². The van der Waals surface area contributed by atoms with Crippen LogP contribution < -0.4 is 0 Å². The molecule has 1 unspecified atom stereocenters. The number of rotatable bonds is 7. The first kappa shape index (κ1) is 20.1. The average Bonchev–Trinajstić information content (AvgIpc) is 3.14. The average molecular weight is 389 g/mol. The third-order valence-electron chi connectivity index (χ3n) is 4.89. The number of hydrogen-bond acceptors (Lipinski definition) is 4. The molecule has 0 aliphatic rings. The fourth-order valence-electron chi connectivity index (χ4n) is 2.91. The SMILES string of the molecule is Cc1ccc(-c2noc(CCCN(C)C(C)c3ccc(F)c(F)c3)n2)cc1F. The smallest absolute Gasteiger partial charge is 0.227 e. The maximum atomic E-state index is 13.7. The molecular formula is C21H22F3N3O. The summed E-state index contributed by atoms with van der Waals surface area (Å²) in [7, 11) is 1.92. The Morgan fingerprint density at radius 2 is 1.82 bits per heavy atom. The van der Waals surface area contributed by atoms with Gasteiger partial charge in [0.2, 0.25) is 11.7 Å². The summed E-state index contributed by atoms with van der Waals surface area (Å²) in [4.78, 5) is 6.36. The van der Waals surface area contributed by atoms with Gasteiger partial charge in [0, 0.05) is 18.0 Å². The first-order valence-electron chi connectivity index (χ1n) is 9.09. The van der Waals surface area contributed by atoms with Crippen molar-refractivity contribution in [3.05, 3.63) is 70.9 Å². The van der Waals surface area contributed by atoms with Gasteiger partial charge in [-0.3, -0.25) is 4.90 Å². The molecule has 28 heavy (non-hydrogen) atoms. The Bertz CT molecular complexity index is 958. The molecule has 2 aromatic carbocycles. The van der Waals surface area contributed by atoms with E-state index in [-0.39, 0.29) is 11.9 Å². The lowest BCUT2D eigenvalue weighted by Crippen LogP contribution is -2.24. The molecule has 0 aliphatic carbocycles. The highest BCUT2D eigenvalue weighted by Gasteiger charge is 2.15. The molecule has 0 radical (unpaired) electrons. The van der Waals surface area contributed by atoms with Gasteiger partial charge in [-0.2, -0.15) is 4.98 Å². The molecule has 0 fully saturated rings. The molecule has 148 valence electrons. The lowest BCUT2D eigenvalue weighted by atomic mass is 10.1. The van der Waals surface area contributed by atoms with Crippen LogP contribution in [0.15, 0.2) is 40.9 Å². The fourth-order valence-corrected chi connectivity index (χ4v) is 2.91. The van der Waals surface area contributed by atoms with Gasteiger partial charge in [-0.1, -0.05) is 23.4 Å². The highest BCUT2D eigenvalue weighted by atomic mass is 19.2. The van der Waals surface area contributed by atoms with Crippen molar-refractivity contribution < 1.29 is 17.7 Å². The summed E-state index contributed by atoms with van der Waals surface area (Å²) in [6.45, 7) is 4.33. The van der Waals surface area contributed by atoms with Crippen molar-refractivity contribution >= 4 is 0 Å². The Labute approximate surface area is 162 Å². The van der Waals surface area contributed by atoms with E-state index in [1.54, 1.807) is 25.1 Å². The van der Waals surface area contributed by atoms with Gasteiger partial charge in [-0.15, -0.1) is 0 Å². The van der Waals surface area contributed by atoms with Gasteiger partial charge in [0.25, 0.3) is 0 Å². The van der Waals surface area contributed by atoms with E-state index in [1.807, 2.05) is 18.9 Å². The molecule has 0 amide bonds. The van der Waals surface area contributed by atoms with E-state index in [2.05, 4.69) is 10.1 Å². The highest BCUT2D eigenvalue weighted by molar-refractivity contribution is 5.54. The standard InChI is InChI=1S/C21H22F3N3O/c1-13-6-7-16(12-18(13)23)21-25-20(28-26-21)5-4-10-27(3)14(2)15-8-9-17(22)19(24)11-15/h6-9,11-12,14H,4-5,10H2,1-3H3. The summed E-state index contributed by atoms with van der Waals surface area (Å²) >= 11 is 0. The quantitative estimate of drug-likeness (QED) is 0.565. The predicted molar refractivity (Wildman–Crippen MR) is 100 cm³/mol. The Balaban J connectivity index is 1.55. The van der Waals surface area contributed by atoms with Crippen molar-refractivity contribution in [2.24, 2.45) is 0 Å². The van der Waals surface area contributed by atoms with Gasteiger partial charge < -0.3 is 4.52 Å². The van der Waals surface area contributed by atoms with Crippen molar-refractivity contribution in [1.82, 2.24) is 15.0 Å². The minimum atomic E-state index is -0.848. The molecule has 1 atom stereocenters. The Morgan fingerprint density at radius 1 is 1.04 bits per heavy atom. The zero-order chi connectivity index (χ0) is 20.3. The molecule has 3 aromatic rings. The van der Waals surface area contributed by atoms with E-state index < -0.39 is 11.6 Å². The van der Waals surface area contributed by atoms with Crippen LogP contribution in [-0.4, -0.2) is 28.6 Å². The van der Waals surface area contributed by atoms with Crippen molar-refractivity contribution in [2.75, 3.05) is 13.6 Å². The van der Waals surface area contributed by atoms with E-state index in [4.69, 9.17) is 4.52 Å². The molecule has 0 N–H and O–H groups in total. The van der Waals surface area contributed by atoms with Crippen LogP contribution in [0.2, 0.25) is 0 Å². The molecule has 0 aliphatic heterocycles. The van der Waals surface area contributed by atoms with Gasteiger partial charge in [0.05, 0.1) is 0 Å². The fraction of sp³-hybridized carbons (Fsp3) is 0.333. The minimum Gasteiger partial charge on any atom is -0.339 e. The molecule has 0 bridgehead atoms. The number of nitrogens with zero attached hydrogens (tertiary/aromatic N) is 3. The summed E-state index contributed by atoms with van der Waals surface area (Å²) in [5, 5.41) is 3.91. The van der Waals surface area contributed by atoms with Crippen molar-refractivity contribution in [2.45, 2.75) is 32.7 Å². The molecule has 3 rings (SSSR count). The van der Waals surface area contributed by atoms with Crippen LogP contribution in [0.25, 0.3) is 11.4 Å². The number of hydrogen-bond donors (Lipinski definition) is 0. The minimum absolute atomic E-state index is 0.0659. The van der Waals surface area contributed by atoms with E-state index in [0.29, 0.717) is 41.4 Å². The molecule has 4 nitrogen and oxygen atoms in total. The van der Waals surface area contributed by atoms with Gasteiger partial charge in [0.1, 0.15) is 5.82 Å². The largest absolute Gasteiger partial charge is 0.339 e. The van der Waals surface area contributed by atoms with Crippen LogP contribution in [-0.2, 0) is 6.42 Å². The number of aromatic nitrogens is 2. The highest BCUT2D eigenvalue weighted by Crippen LogP contribution is 2.22. The normalized spacial score (nSPS) is 12.5. The predicted octanol–water partition coefficient (Wildman–Crippen LogP) is 5.09. The van der Waals surface area contributed by atoms with Gasteiger partial charge in [-0.25, -0.2) is 13.2 Å². The first-order valence-corrected chi connectivity index (χ1v) is 9.09. The molecule has 1 heterocycles. The first-order chi connectivity index (χ1) is 13.3. The van der Waals surface area contributed by atoms with E-state index in [9.17, 15) is 13.2 Å². The summed E-state index contributed by atoms with van der Waals surface area (Å²) in [5.41, 5.74) is 1.84. The van der Waals surface area contributed by atoms with Crippen LogP contribution in [0.3, 0.4) is 0 Å². The Hall–Kier alpha value is -2.67. The maximum absolute atomic E-state index is 13.7. The van der Waals surface area contributed by atoms with E-state index in [0.717, 1.165) is 12.5 Å². The van der Waals surface area contributed by atoms with Crippen molar-refractivity contribution in [3.8, 4) is 11.4 Å². The second-order valence-corrected chi connectivity index (χ2v) is 6.91. The van der Waals surface area contributed by atoms with E-state index >= 15 is 0 Å².